The number of aliphatic hydroxyl groups excluding tert-OH is 1. The topological polar surface area (TPSA) is 125 Å². The number of amides is 3. The summed E-state index contributed by atoms with van der Waals surface area (Å²) in [4.78, 5) is 59.4. The van der Waals surface area contributed by atoms with Gasteiger partial charge in [0, 0.05) is 18.5 Å². The van der Waals surface area contributed by atoms with E-state index in [1.165, 1.54) is 4.90 Å². The zero-order chi connectivity index (χ0) is 34.7. The Morgan fingerprint density at radius 1 is 1.17 bits per heavy atom. The predicted octanol–water partition coefficient (Wildman–Crippen LogP) is 4.34. The van der Waals surface area contributed by atoms with E-state index in [9.17, 15) is 24.3 Å². The van der Waals surface area contributed by atoms with Gasteiger partial charge in [0.25, 0.3) is 0 Å². The van der Waals surface area contributed by atoms with E-state index in [1.807, 2.05) is 65.0 Å². The van der Waals surface area contributed by atoms with Crippen molar-refractivity contribution in [3.05, 3.63) is 61.2 Å². The van der Waals surface area contributed by atoms with E-state index < -0.39 is 59.3 Å². The summed E-state index contributed by atoms with van der Waals surface area (Å²) in [6.45, 7) is 19.0. The van der Waals surface area contributed by atoms with Crippen molar-refractivity contribution >= 4 is 23.7 Å². The van der Waals surface area contributed by atoms with E-state index in [-0.39, 0.29) is 43.2 Å². The number of hydrogen-bond donors (Lipinski definition) is 2. The zero-order valence-corrected chi connectivity index (χ0v) is 28.8. The summed E-state index contributed by atoms with van der Waals surface area (Å²) in [5.41, 5.74) is -1.14. The number of allylic oxidation sites excluding steroid dienone is 1. The van der Waals surface area contributed by atoms with Gasteiger partial charge in [-0.3, -0.25) is 19.2 Å². The Morgan fingerprint density at radius 2 is 1.85 bits per heavy atom. The third kappa shape index (κ3) is 7.18. The number of nitrogens with one attached hydrogen (secondary N) is 1. The van der Waals surface area contributed by atoms with Crippen LogP contribution in [-0.4, -0.2) is 87.1 Å². The first kappa shape index (κ1) is 36.3. The van der Waals surface area contributed by atoms with Crippen molar-refractivity contribution in [2.75, 3.05) is 13.2 Å². The fourth-order valence-electron chi connectivity index (χ4n) is 7.76. The van der Waals surface area contributed by atoms with Gasteiger partial charge in [-0.1, -0.05) is 56.3 Å². The second-order valence-corrected chi connectivity index (χ2v) is 14.6. The van der Waals surface area contributed by atoms with Crippen LogP contribution in [0.4, 0.5) is 0 Å². The number of likely N-dealkylation sites (tertiary alicyclic amines) is 1. The Bertz CT molecular complexity index is 1320. The van der Waals surface area contributed by atoms with Crippen molar-refractivity contribution in [2.24, 2.45) is 17.8 Å². The average Bonchev–Trinajstić information content (AvgIpc) is 3.66. The van der Waals surface area contributed by atoms with Gasteiger partial charge in [-0.2, -0.15) is 0 Å². The normalized spacial score (nSPS) is 26.8. The summed E-state index contributed by atoms with van der Waals surface area (Å²) in [7, 11) is 0. The highest BCUT2D eigenvalue weighted by Gasteiger charge is 2.76. The lowest BCUT2D eigenvalue weighted by atomic mass is 9.70. The van der Waals surface area contributed by atoms with E-state index in [4.69, 9.17) is 9.47 Å². The van der Waals surface area contributed by atoms with Crippen LogP contribution < -0.4 is 5.32 Å². The highest BCUT2D eigenvalue weighted by molar-refractivity contribution is 5.98. The van der Waals surface area contributed by atoms with Gasteiger partial charge in [-0.25, -0.2) is 0 Å². The lowest BCUT2D eigenvalue weighted by molar-refractivity contribution is -0.163. The minimum atomic E-state index is -1.25. The van der Waals surface area contributed by atoms with Crippen molar-refractivity contribution in [2.45, 2.75) is 115 Å². The number of hydrogen-bond acceptors (Lipinski definition) is 7. The largest absolute Gasteiger partial charge is 0.455 e. The number of fused-ring (bicyclic) bond motifs is 1. The van der Waals surface area contributed by atoms with Gasteiger partial charge in [0.1, 0.15) is 17.7 Å². The van der Waals surface area contributed by atoms with Crippen molar-refractivity contribution in [1.29, 1.82) is 0 Å². The fourth-order valence-corrected chi connectivity index (χ4v) is 7.76. The molecule has 3 heterocycles. The van der Waals surface area contributed by atoms with Crippen LogP contribution in [0.25, 0.3) is 0 Å². The maximum absolute atomic E-state index is 14.6. The van der Waals surface area contributed by atoms with Crippen molar-refractivity contribution in [3.63, 3.8) is 0 Å². The number of esters is 1. The molecule has 2 bridgehead atoms. The van der Waals surface area contributed by atoms with E-state index in [0.717, 1.165) is 0 Å². The molecule has 3 amide bonds. The van der Waals surface area contributed by atoms with Gasteiger partial charge in [0.15, 0.2) is 0 Å². The molecule has 1 aromatic carbocycles. The molecule has 4 rings (SSSR count). The monoisotopic (exact) mass is 651 g/mol. The predicted molar refractivity (Wildman–Crippen MR) is 179 cm³/mol. The summed E-state index contributed by atoms with van der Waals surface area (Å²) in [5, 5.41) is 13.5. The standard InChI is InChI=1S/C37H53N3O7/c1-9-11-17-28(42)38-24(5)31(25-15-13-12-14-16-25)46-35(45)29-27-18-19-37(47-27)30(29)33(43)40(26(22-41)21-23(3)4)32(37)34(44)39(20-10-2)36(6,7)8/h9-10,12-16,23-24,26-27,29-32,41H,1-2,11,17-22H2,3-8H3,(H,38,42)/t24-,26+,27+,29-,30-,31-,32+,37-/m0/s1. The Hall–Kier alpha value is -3.50. The third-order valence-electron chi connectivity index (χ3n) is 9.77. The summed E-state index contributed by atoms with van der Waals surface area (Å²) >= 11 is 0. The number of benzene rings is 1. The molecule has 0 unspecified atom stereocenters. The Morgan fingerprint density at radius 3 is 2.43 bits per heavy atom. The quantitative estimate of drug-likeness (QED) is 0.214. The summed E-state index contributed by atoms with van der Waals surface area (Å²) in [6.07, 6.45) is 4.05. The van der Waals surface area contributed by atoms with E-state index >= 15 is 0 Å². The van der Waals surface area contributed by atoms with Crippen LogP contribution in [0.1, 0.15) is 85.3 Å². The lowest BCUT2D eigenvalue weighted by Gasteiger charge is -2.43. The van der Waals surface area contributed by atoms with Crippen LogP contribution >= 0.6 is 0 Å². The molecular weight excluding hydrogens is 598 g/mol. The number of rotatable bonds is 15. The Labute approximate surface area is 279 Å². The second kappa shape index (κ2) is 14.7. The number of carbonyl (C=O) groups excluding carboxylic acids is 4. The van der Waals surface area contributed by atoms with Crippen molar-refractivity contribution in [1.82, 2.24) is 15.1 Å². The summed E-state index contributed by atoms with van der Waals surface area (Å²) in [6, 6.07) is 6.96. The van der Waals surface area contributed by atoms with Crippen molar-refractivity contribution < 1.29 is 33.8 Å². The minimum Gasteiger partial charge on any atom is -0.455 e. The zero-order valence-electron chi connectivity index (χ0n) is 28.8. The first-order valence-corrected chi connectivity index (χ1v) is 16.9. The Balaban J connectivity index is 1.72. The molecule has 0 radical (unpaired) electrons. The lowest BCUT2D eigenvalue weighted by Crippen LogP contribution is -2.61. The van der Waals surface area contributed by atoms with Crippen LogP contribution in [0.3, 0.4) is 0 Å². The molecule has 3 fully saturated rings. The fraction of sp³-hybridized carbons (Fsp3) is 0.622. The highest BCUT2D eigenvalue weighted by Crippen LogP contribution is 2.59. The number of ether oxygens (including phenoxy) is 2. The first-order chi connectivity index (χ1) is 22.2. The van der Waals surface area contributed by atoms with Gasteiger partial charge < -0.3 is 29.7 Å². The second-order valence-electron chi connectivity index (χ2n) is 14.6. The highest BCUT2D eigenvalue weighted by atomic mass is 16.6. The molecule has 0 saturated carbocycles. The molecule has 258 valence electrons. The van der Waals surface area contributed by atoms with Crippen molar-refractivity contribution in [3.8, 4) is 0 Å². The molecule has 1 aromatic rings. The Kier molecular flexibility index (Phi) is 11.4. The molecular formula is C37H53N3O7. The van der Waals surface area contributed by atoms with Crippen LogP contribution in [0.2, 0.25) is 0 Å². The molecule has 2 N–H and O–H groups in total. The smallest absolute Gasteiger partial charge is 0.313 e. The minimum absolute atomic E-state index is 0.133. The molecule has 47 heavy (non-hydrogen) atoms. The van der Waals surface area contributed by atoms with Crippen LogP contribution in [0.5, 0.6) is 0 Å². The van der Waals surface area contributed by atoms with Gasteiger partial charge in [-0.05, 0) is 64.9 Å². The molecule has 1 spiro atoms. The molecule has 3 aliphatic rings. The van der Waals surface area contributed by atoms with Gasteiger partial charge in [-0.15, -0.1) is 13.2 Å². The summed E-state index contributed by atoms with van der Waals surface area (Å²) in [5.74, 6) is -3.23. The van der Waals surface area contributed by atoms with Gasteiger partial charge in [0.2, 0.25) is 17.7 Å². The number of nitrogens with zero attached hydrogens (tertiary/aromatic N) is 2. The summed E-state index contributed by atoms with van der Waals surface area (Å²) < 4.78 is 12.9. The molecule has 0 aliphatic carbocycles. The SMILES string of the molecule is C=CCCC(=O)N[C@@H](C)[C@H](OC(=O)[C@@H]1[C@H]2C(=O)N([C@@H](CO)CC(C)C)[C@H](C(=O)N(CC=C)C(C)(C)C)[C@]23CC[C@H]1O3)c1ccccc1. The van der Waals surface area contributed by atoms with Gasteiger partial charge in [0.05, 0.1) is 36.6 Å². The molecule has 0 aromatic heterocycles. The van der Waals surface area contributed by atoms with E-state index in [0.29, 0.717) is 31.2 Å². The van der Waals surface area contributed by atoms with Crippen LogP contribution in [-0.2, 0) is 28.7 Å². The van der Waals surface area contributed by atoms with E-state index in [1.54, 1.807) is 24.0 Å². The van der Waals surface area contributed by atoms with Crippen LogP contribution in [0.15, 0.2) is 55.6 Å². The molecule has 3 aliphatic heterocycles. The van der Waals surface area contributed by atoms with E-state index in [2.05, 4.69) is 18.5 Å². The van der Waals surface area contributed by atoms with Crippen LogP contribution in [0, 0.1) is 17.8 Å². The molecule has 3 saturated heterocycles. The molecule has 10 nitrogen and oxygen atoms in total. The van der Waals surface area contributed by atoms with Gasteiger partial charge >= 0.3 is 5.97 Å². The number of aliphatic hydroxyl groups is 1. The average molecular weight is 652 g/mol. The maximum atomic E-state index is 14.6. The number of carbonyl (C=O) groups is 4. The molecule has 8 atom stereocenters. The first-order valence-electron chi connectivity index (χ1n) is 16.9. The third-order valence-corrected chi connectivity index (χ3v) is 9.77. The maximum Gasteiger partial charge on any atom is 0.313 e. The molecule has 10 heteroatoms.